The lowest BCUT2D eigenvalue weighted by Crippen LogP contribution is -2.48. The molecular weight excluding hydrogens is 284 g/mol. The predicted octanol–water partition coefficient (Wildman–Crippen LogP) is 3.06. The van der Waals surface area contributed by atoms with Crippen molar-refractivity contribution in [3.63, 3.8) is 0 Å². The molecular formula is C20H24N2O. The van der Waals surface area contributed by atoms with Gasteiger partial charge in [-0.1, -0.05) is 49.4 Å². The molecule has 1 aliphatic heterocycles. The van der Waals surface area contributed by atoms with Gasteiger partial charge in [0.25, 0.3) is 0 Å². The van der Waals surface area contributed by atoms with Gasteiger partial charge in [-0.2, -0.15) is 0 Å². The van der Waals surface area contributed by atoms with Gasteiger partial charge in [0.15, 0.2) is 0 Å². The molecule has 0 radical (unpaired) electrons. The number of benzene rings is 2. The minimum absolute atomic E-state index is 0.165. The Balaban J connectivity index is 1.43. The number of piperidine rings is 1. The number of carbonyl (C=O) groups is 1. The summed E-state index contributed by atoms with van der Waals surface area (Å²) in [5.74, 6) is 1.34. The summed E-state index contributed by atoms with van der Waals surface area (Å²) in [6.45, 7) is 4.22. The Labute approximate surface area is 137 Å². The van der Waals surface area contributed by atoms with Crippen molar-refractivity contribution >= 4 is 16.7 Å². The Hall–Kier alpha value is -1.87. The molecule has 1 aliphatic carbocycles. The molecule has 23 heavy (non-hydrogen) atoms. The topological polar surface area (TPSA) is 41.1 Å². The van der Waals surface area contributed by atoms with E-state index in [9.17, 15) is 4.79 Å². The van der Waals surface area contributed by atoms with E-state index in [2.05, 4.69) is 60.0 Å². The fourth-order valence-electron chi connectivity index (χ4n) is 3.81. The first-order valence-corrected chi connectivity index (χ1v) is 8.72. The van der Waals surface area contributed by atoms with Gasteiger partial charge in [0.2, 0.25) is 5.91 Å². The van der Waals surface area contributed by atoms with Gasteiger partial charge in [-0.15, -0.1) is 0 Å². The summed E-state index contributed by atoms with van der Waals surface area (Å²) in [6.07, 6.45) is 2.03. The van der Waals surface area contributed by atoms with Gasteiger partial charge in [-0.05, 0) is 54.1 Å². The van der Waals surface area contributed by atoms with E-state index in [0.29, 0.717) is 17.9 Å². The van der Waals surface area contributed by atoms with Crippen LogP contribution in [0.15, 0.2) is 42.5 Å². The number of hydrogen-bond donors (Lipinski definition) is 2. The third-order valence-electron chi connectivity index (χ3n) is 5.44. The Morgan fingerprint density at radius 2 is 2.00 bits per heavy atom. The Morgan fingerprint density at radius 1 is 1.17 bits per heavy atom. The molecule has 2 N–H and O–H groups in total. The van der Waals surface area contributed by atoms with E-state index in [1.54, 1.807) is 0 Å². The zero-order valence-corrected chi connectivity index (χ0v) is 13.6. The van der Waals surface area contributed by atoms with Crippen molar-refractivity contribution in [1.29, 1.82) is 0 Å². The van der Waals surface area contributed by atoms with E-state index < -0.39 is 0 Å². The molecule has 2 aromatic rings. The summed E-state index contributed by atoms with van der Waals surface area (Å²) in [5.41, 5.74) is 1.31. The highest BCUT2D eigenvalue weighted by Crippen LogP contribution is 2.48. The van der Waals surface area contributed by atoms with E-state index in [1.165, 1.54) is 16.3 Å². The highest BCUT2D eigenvalue weighted by Gasteiger charge is 2.44. The minimum atomic E-state index is 0.165. The molecule has 1 amide bonds. The average Bonchev–Trinajstić information content (AvgIpc) is 3.37. The smallest absolute Gasteiger partial charge is 0.223 e. The molecule has 1 saturated heterocycles. The van der Waals surface area contributed by atoms with Gasteiger partial charge in [0.05, 0.1) is 0 Å². The van der Waals surface area contributed by atoms with Crippen LogP contribution in [0.5, 0.6) is 0 Å². The van der Waals surface area contributed by atoms with E-state index in [4.69, 9.17) is 0 Å². The normalized spacial score (nSPS) is 30.1. The van der Waals surface area contributed by atoms with Gasteiger partial charge in [0, 0.05) is 12.0 Å². The standard InChI is InChI=1S/C20H24N2O/c1-13-12-21-9-8-19(13)22-20(23)18-11-17(18)16-7-6-14-4-2-3-5-15(14)10-16/h2-7,10,13,17-19,21H,8-9,11-12H2,1H3,(H,22,23). The van der Waals surface area contributed by atoms with Crippen LogP contribution in [0.25, 0.3) is 10.8 Å². The SMILES string of the molecule is CC1CNCCC1NC(=O)C1CC1c1ccc2ccccc2c1. The number of amides is 1. The molecule has 0 aromatic heterocycles. The fourth-order valence-corrected chi connectivity index (χ4v) is 3.81. The number of hydrogen-bond acceptors (Lipinski definition) is 2. The van der Waals surface area contributed by atoms with Crippen molar-refractivity contribution in [2.45, 2.75) is 31.7 Å². The maximum absolute atomic E-state index is 12.5. The van der Waals surface area contributed by atoms with Gasteiger partial charge in [-0.25, -0.2) is 0 Å². The molecule has 3 nitrogen and oxygen atoms in total. The molecule has 3 heteroatoms. The average molecular weight is 308 g/mol. The van der Waals surface area contributed by atoms with Gasteiger partial charge in [-0.3, -0.25) is 4.79 Å². The largest absolute Gasteiger partial charge is 0.353 e. The molecule has 2 fully saturated rings. The van der Waals surface area contributed by atoms with E-state index in [0.717, 1.165) is 25.9 Å². The second-order valence-corrected chi connectivity index (χ2v) is 7.14. The van der Waals surface area contributed by atoms with Crippen LogP contribution in [0, 0.1) is 11.8 Å². The van der Waals surface area contributed by atoms with Crippen LogP contribution in [0.2, 0.25) is 0 Å². The summed E-state index contributed by atoms with van der Waals surface area (Å²) in [7, 11) is 0. The van der Waals surface area contributed by atoms with Crippen molar-refractivity contribution < 1.29 is 4.79 Å². The first kappa shape index (κ1) is 14.7. The van der Waals surface area contributed by atoms with Crippen LogP contribution in [-0.4, -0.2) is 25.0 Å². The van der Waals surface area contributed by atoms with Crippen LogP contribution in [-0.2, 0) is 4.79 Å². The molecule has 120 valence electrons. The first-order valence-electron chi connectivity index (χ1n) is 8.72. The molecule has 1 saturated carbocycles. The number of fused-ring (bicyclic) bond motifs is 1. The molecule has 2 aliphatic rings. The van der Waals surface area contributed by atoms with Gasteiger partial charge in [0.1, 0.15) is 0 Å². The zero-order valence-electron chi connectivity index (χ0n) is 13.6. The second-order valence-electron chi connectivity index (χ2n) is 7.14. The van der Waals surface area contributed by atoms with Crippen LogP contribution in [0.1, 0.15) is 31.2 Å². The van der Waals surface area contributed by atoms with Crippen molar-refractivity contribution in [2.24, 2.45) is 11.8 Å². The van der Waals surface area contributed by atoms with Crippen molar-refractivity contribution in [3.05, 3.63) is 48.0 Å². The molecule has 4 atom stereocenters. The van der Waals surface area contributed by atoms with Crippen molar-refractivity contribution in [2.75, 3.05) is 13.1 Å². The summed E-state index contributed by atoms with van der Waals surface area (Å²) in [4.78, 5) is 12.5. The lowest BCUT2D eigenvalue weighted by Gasteiger charge is -2.30. The van der Waals surface area contributed by atoms with Gasteiger partial charge >= 0.3 is 0 Å². The molecule has 0 bridgehead atoms. The van der Waals surface area contributed by atoms with E-state index in [1.807, 2.05) is 0 Å². The molecule has 4 rings (SSSR count). The predicted molar refractivity (Wildman–Crippen MR) is 93.4 cm³/mol. The Morgan fingerprint density at radius 3 is 2.83 bits per heavy atom. The zero-order chi connectivity index (χ0) is 15.8. The Kier molecular flexibility index (Phi) is 3.82. The summed E-state index contributed by atoms with van der Waals surface area (Å²) >= 11 is 0. The number of nitrogens with one attached hydrogen (secondary N) is 2. The maximum Gasteiger partial charge on any atom is 0.223 e. The summed E-state index contributed by atoms with van der Waals surface area (Å²) in [5, 5.41) is 9.20. The maximum atomic E-state index is 12.5. The highest BCUT2D eigenvalue weighted by molar-refractivity contribution is 5.86. The number of carbonyl (C=O) groups excluding carboxylic acids is 1. The van der Waals surface area contributed by atoms with Crippen LogP contribution in [0.3, 0.4) is 0 Å². The van der Waals surface area contributed by atoms with Crippen molar-refractivity contribution in [1.82, 2.24) is 10.6 Å². The van der Waals surface area contributed by atoms with Crippen LogP contribution >= 0.6 is 0 Å². The summed E-state index contributed by atoms with van der Waals surface area (Å²) in [6, 6.07) is 15.4. The van der Waals surface area contributed by atoms with E-state index >= 15 is 0 Å². The van der Waals surface area contributed by atoms with Crippen LogP contribution < -0.4 is 10.6 Å². The van der Waals surface area contributed by atoms with Crippen LogP contribution in [0.4, 0.5) is 0 Å². The van der Waals surface area contributed by atoms with E-state index in [-0.39, 0.29) is 11.8 Å². The Bertz CT molecular complexity index is 726. The lowest BCUT2D eigenvalue weighted by atomic mass is 9.95. The fraction of sp³-hybridized carbons (Fsp3) is 0.450. The van der Waals surface area contributed by atoms with Gasteiger partial charge < -0.3 is 10.6 Å². The first-order chi connectivity index (χ1) is 11.2. The third-order valence-corrected chi connectivity index (χ3v) is 5.44. The summed E-state index contributed by atoms with van der Waals surface area (Å²) < 4.78 is 0. The molecule has 0 spiro atoms. The molecule has 4 unspecified atom stereocenters. The quantitative estimate of drug-likeness (QED) is 0.915. The molecule has 2 aromatic carbocycles. The number of rotatable bonds is 3. The minimum Gasteiger partial charge on any atom is -0.353 e. The second kappa shape index (κ2) is 5.97. The highest BCUT2D eigenvalue weighted by atomic mass is 16.2. The van der Waals surface area contributed by atoms with Crippen molar-refractivity contribution in [3.8, 4) is 0 Å². The lowest BCUT2D eigenvalue weighted by molar-refractivity contribution is -0.123. The third kappa shape index (κ3) is 2.98. The monoisotopic (exact) mass is 308 g/mol. The molecule has 1 heterocycles.